The van der Waals surface area contributed by atoms with Crippen LogP contribution in [0.3, 0.4) is 0 Å². The number of hydrogen-bond donors (Lipinski definition) is 1. The Balaban J connectivity index is 1.94. The monoisotopic (exact) mass is 308 g/mol. The highest BCUT2D eigenvalue weighted by Crippen LogP contribution is 2.45. The fourth-order valence-electron chi connectivity index (χ4n) is 2.15. The molecule has 115 valence electrons. The van der Waals surface area contributed by atoms with Crippen molar-refractivity contribution in [3.63, 3.8) is 0 Å². The Bertz CT molecular complexity index is 684. The number of hydrogen-bond acceptors (Lipinski definition) is 4. The SMILES string of the molecule is COc1c[c]ccc1Nc1ncc(C(F)(F)F)c(C2CC2)n1. The van der Waals surface area contributed by atoms with Gasteiger partial charge in [-0.3, -0.25) is 0 Å². The molecule has 1 radical (unpaired) electrons. The van der Waals surface area contributed by atoms with Crippen LogP contribution >= 0.6 is 0 Å². The lowest BCUT2D eigenvalue weighted by Crippen LogP contribution is -2.12. The first-order valence-corrected chi connectivity index (χ1v) is 6.74. The normalized spacial score (nSPS) is 14.7. The second-order valence-electron chi connectivity index (χ2n) is 5.02. The Kier molecular flexibility index (Phi) is 3.64. The maximum Gasteiger partial charge on any atom is 0.419 e. The zero-order valence-electron chi connectivity index (χ0n) is 11.7. The minimum absolute atomic E-state index is 0.0615. The number of alkyl halides is 3. The molecule has 1 aliphatic rings. The van der Waals surface area contributed by atoms with Gasteiger partial charge in [-0.1, -0.05) is 6.07 Å². The van der Waals surface area contributed by atoms with Gasteiger partial charge in [-0.15, -0.1) is 0 Å². The minimum Gasteiger partial charge on any atom is -0.495 e. The molecule has 0 aliphatic heterocycles. The van der Waals surface area contributed by atoms with Crippen LogP contribution in [0.4, 0.5) is 24.8 Å². The quantitative estimate of drug-likeness (QED) is 0.930. The molecule has 3 rings (SSSR count). The molecule has 4 nitrogen and oxygen atoms in total. The predicted molar refractivity (Wildman–Crippen MR) is 74.1 cm³/mol. The number of benzene rings is 1. The van der Waals surface area contributed by atoms with Crippen molar-refractivity contribution in [2.45, 2.75) is 24.9 Å². The summed E-state index contributed by atoms with van der Waals surface area (Å²) in [6, 6.07) is 7.83. The van der Waals surface area contributed by atoms with E-state index in [0.29, 0.717) is 11.4 Å². The van der Waals surface area contributed by atoms with E-state index in [1.807, 2.05) is 0 Å². The van der Waals surface area contributed by atoms with E-state index in [0.717, 1.165) is 19.0 Å². The number of halogens is 3. The van der Waals surface area contributed by atoms with Gasteiger partial charge in [-0.2, -0.15) is 13.2 Å². The second kappa shape index (κ2) is 5.47. The van der Waals surface area contributed by atoms with Gasteiger partial charge in [0.2, 0.25) is 5.95 Å². The Morgan fingerprint density at radius 1 is 1.36 bits per heavy atom. The van der Waals surface area contributed by atoms with E-state index in [4.69, 9.17) is 4.74 Å². The zero-order valence-corrected chi connectivity index (χ0v) is 11.7. The van der Waals surface area contributed by atoms with Gasteiger partial charge >= 0.3 is 6.18 Å². The molecule has 1 fully saturated rings. The molecule has 1 N–H and O–H groups in total. The van der Waals surface area contributed by atoms with E-state index in [1.165, 1.54) is 7.11 Å². The molecule has 0 amide bonds. The summed E-state index contributed by atoms with van der Waals surface area (Å²) < 4.78 is 44.1. The van der Waals surface area contributed by atoms with Crippen molar-refractivity contribution >= 4 is 11.6 Å². The van der Waals surface area contributed by atoms with Crippen LogP contribution in [0.2, 0.25) is 0 Å². The highest BCUT2D eigenvalue weighted by molar-refractivity contribution is 5.62. The van der Waals surface area contributed by atoms with Crippen molar-refractivity contribution in [2.24, 2.45) is 0 Å². The summed E-state index contributed by atoms with van der Waals surface area (Å²) in [5.41, 5.74) is -0.122. The summed E-state index contributed by atoms with van der Waals surface area (Å²) in [4.78, 5) is 7.84. The molecule has 0 atom stereocenters. The third-order valence-electron chi connectivity index (χ3n) is 3.38. The Morgan fingerprint density at radius 3 is 2.77 bits per heavy atom. The molecule has 0 bridgehead atoms. The molecule has 1 heterocycles. The average molecular weight is 308 g/mol. The fraction of sp³-hybridized carbons (Fsp3) is 0.333. The molecule has 7 heteroatoms. The number of rotatable bonds is 4. The summed E-state index contributed by atoms with van der Waals surface area (Å²) in [5, 5.41) is 2.89. The molecule has 1 aromatic carbocycles. The van der Waals surface area contributed by atoms with Gasteiger partial charge in [0.25, 0.3) is 0 Å². The molecule has 0 spiro atoms. The van der Waals surface area contributed by atoms with Crippen LogP contribution in [0.15, 0.2) is 24.4 Å². The van der Waals surface area contributed by atoms with Crippen molar-refractivity contribution in [3.05, 3.63) is 41.7 Å². The third kappa shape index (κ3) is 2.98. The number of nitrogens with zero attached hydrogens (tertiary/aromatic N) is 2. The van der Waals surface area contributed by atoms with Gasteiger partial charge < -0.3 is 10.1 Å². The van der Waals surface area contributed by atoms with Crippen LogP contribution in [0.5, 0.6) is 5.75 Å². The number of anilines is 2. The maximum atomic E-state index is 13.0. The van der Waals surface area contributed by atoms with Crippen molar-refractivity contribution in [1.82, 2.24) is 9.97 Å². The smallest absolute Gasteiger partial charge is 0.419 e. The first-order chi connectivity index (χ1) is 10.5. The predicted octanol–water partition coefficient (Wildman–Crippen LogP) is 3.93. The van der Waals surface area contributed by atoms with Crippen molar-refractivity contribution in [3.8, 4) is 5.75 Å². The van der Waals surface area contributed by atoms with E-state index in [2.05, 4.69) is 21.4 Å². The standard InChI is InChI=1S/C15H13F3N3O/c1-22-12-5-3-2-4-11(12)20-14-19-8-10(15(16,17)18)13(21-14)9-6-7-9/h2,4-5,8-9H,6-7H2,1H3,(H,19,20,21). The average Bonchev–Trinajstić information content (AvgIpc) is 3.31. The van der Waals surface area contributed by atoms with Gasteiger partial charge in [0.1, 0.15) is 5.75 Å². The van der Waals surface area contributed by atoms with Gasteiger partial charge in [0, 0.05) is 12.1 Å². The molecule has 1 aliphatic carbocycles. The maximum absolute atomic E-state index is 13.0. The summed E-state index contributed by atoms with van der Waals surface area (Å²) >= 11 is 0. The zero-order chi connectivity index (χ0) is 15.7. The highest BCUT2D eigenvalue weighted by Gasteiger charge is 2.40. The Labute approximate surface area is 125 Å². The van der Waals surface area contributed by atoms with Crippen LogP contribution in [0.1, 0.15) is 30.0 Å². The van der Waals surface area contributed by atoms with Gasteiger partial charge in [-0.05, 0) is 31.0 Å². The molecule has 0 unspecified atom stereocenters. The number of aromatic nitrogens is 2. The number of ether oxygens (including phenoxy) is 1. The van der Waals surface area contributed by atoms with Crippen molar-refractivity contribution in [2.75, 3.05) is 12.4 Å². The molecular formula is C15H13F3N3O. The van der Waals surface area contributed by atoms with Crippen LogP contribution in [-0.4, -0.2) is 17.1 Å². The summed E-state index contributed by atoms with van der Waals surface area (Å²) in [6.45, 7) is 0. The van der Waals surface area contributed by atoms with Gasteiger partial charge in [-0.25, -0.2) is 9.97 Å². The minimum atomic E-state index is -4.43. The lowest BCUT2D eigenvalue weighted by Gasteiger charge is -2.14. The molecular weight excluding hydrogens is 295 g/mol. The Morgan fingerprint density at radius 2 is 2.14 bits per heavy atom. The molecule has 1 saturated carbocycles. The summed E-state index contributed by atoms with van der Waals surface area (Å²) in [5.74, 6) is 0.504. The molecule has 0 saturated heterocycles. The van der Waals surface area contributed by atoms with Gasteiger partial charge in [0.05, 0.1) is 24.1 Å². The molecule has 22 heavy (non-hydrogen) atoms. The highest BCUT2D eigenvalue weighted by atomic mass is 19.4. The van der Waals surface area contributed by atoms with Crippen LogP contribution in [0, 0.1) is 6.07 Å². The first kappa shape index (κ1) is 14.6. The largest absolute Gasteiger partial charge is 0.495 e. The molecule has 2 aromatic rings. The lowest BCUT2D eigenvalue weighted by molar-refractivity contribution is -0.138. The third-order valence-corrected chi connectivity index (χ3v) is 3.38. The summed E-state index contributed by atoms with van der Waals surface area (Å²) in [6.07, 6.45) is -2.15. The topological polar surface area (TPSA) is 47.0 Å². The van der Waals surface area contributed by atoms with Crippen molar-refractivity contribution in [1.29, 1.82) is 0 Å². The van der Waals surface area contributed by atoms with Crippen molar-refractivity contribution < 1.29 is 17.9 Å². The van der Waals surface area contributed by atoms with Crippen LogP contribution < -0.4 is 10.1 Å². The van der Waals surface area contributed by atoms with Gasteiger partial charge in [0.15, 0.2) is 0 Å². The first-order valence-electron chi connectivity index (χ1n) is 6.74. The van der Waals surface area contributed by atoms with E-state index >= 15 is 0 Å². The lowest BCUT2D eigenvalue weighted by atomic mass is 10.1. The second-order valence-corrected chi connectivity index (χ2v) is 5.02. The fourth-order valence-corrected chi connectivity index (χ4v) is 2.15. The van der Waals surface area contributed by atoms with E-state index in [1.54, 1.807) is 18.2 Å². The number of methoxy groups -OCH3 is 1. The van der Waals surface area contributed by atoms with Crippen LogP contribution in [0.25, 0.3) is 0 Å². The number of nitrogens with one attached hydrogen (secondary N) is 1. The summed E-state index contributed by atoms with van der Waals surface area (Å²) in [7, 11) is 1.50. The van der Waals surface area contributed by atoms with E-state index in [-0.39, 0.29) is 17.6 Å². The van der Waals surface area contributed by atoms with E-state index in [9.17, 15) is 13.2 Å². The van der Waals surface area contributed by atoms with Crippen LogP contribution in [-0.2, 0) is 6.18 Å². The molecule has 1 aromatic heterocycles. The Hall–Kier alpha value is -2.31. The van der Waals surface area contributed by atoms with E-state index < -0.39 is 11.7 Å².